The molecule has 5 aromatic rings. The molecule has 0 aliphatic carbocycles. The molecule has 3 aromatic carbocycles. The number of aromatic nitrogens is 4. The summed E-state index contributed by atoms with van der Waals surface area (Å²) in [5, 5.41) is 19.0. The number of hydrogen-bond donors (Lipinski definition) is 7. The molecule has 84 heavy (non-hydrogen) atoms. The Balaban J connectivity index is 0.771. The minimum absolute atomic E-state index is 0.0324. The van der Waals surface area contributed by atoms with E-state index in [0.29, 0.717) is 48.6 Å². The van der Waals surface area contributed by atoms with Gasteiger partial charge in [-0.05, 0) is 102 Å². The minimum atomic E-state index is -5.72. The summed E-state index contributed by atoms with van der Waals surface area (Å²) in [6.45, 7) is 19.9. The molecule has 27 heteroatoms. The highest BCUT2D eigenvalue weighted by Gasteiger charge is 2.44. The van der Waals surface area contributed by atoms with Crippen LogP contribution in [0.25, 0.3) is 27.9 Å². The highest BCUT2D eigenvalue weighted by molar-refractivity contribution is 7.66. The van der Waals surface area contributed by atoms with Crippen molar-refractivity contribution in [2.45, 2.75) is 130 Å². The zero-order valence-electron chi connectivity index (χ0n) is 48.6. The van der Waals surface area contributed by atoms with E-state index in [2.05, 4.69) is 140 Å². The zero-order chi connectivity index (χ0) is 60.7. The summed E-state index contributed by atoms with van der Waals surface area (Å²) in [4.78, 5) is 81.6. The molecule has 4 aliphatic rings. The van der Waals surface area contributed by atoms with Crippen molar-refractivity contribution in [3.8, 4) is 11.5 Å². The van der Waals surface area contributed by atoms with Crippen molar-refractivity contribution >= 4 is 74.7 Å². The molecule has 0 saturated carbocycles. The third kappa shape index (κ3) is 13.7. The summed E-state index contributed by atoms with van der Waals surface area (Å²) in [5.41, 5.74) is 9.34. The lowest BCUT2D eigenvalue weighted by molar-refractivity contribution is -0.121. The molecule has 24 nitrogen and oxygen atoms in total. The fourth-order valence-corrected chi connectivity index (χ4v) is 15.0. The Labute approximate surface area is 487 Å². The number of nitrogens with one attached hydrogen (secondary N) is 2. The number of aliphatic hydroxyl groups is 1. The summed E-state index contributed by atoms with van der Waals surface area (Å²) in [6.07, 6.45) is 8.04. The summed E-state index contributed by atoms with van der Waals surface area (Å²) < 4.78 is 63.6. The van der Waals surface area contributed by atoms with Crippen molar-refractivity contribution in [3.63, 3.8) is 0 Å². The molecule has 9 rings (SSSR count). The second kappa shape index (κ2) is 24.8. The molecule has 2 aromatic heterocycles. The van der Waals surface area contributed by atoms with Crippen LogP contribution in [0.15, 0.2) is 73.3 Å². The van der Waals surface area contributed by atoms with Crippen molar-refractivity contribution in [1.82, 2.24) is 34.3 Å². The van der Waals surface area contributed by atoms with E-state index in [1.54, 1.807) is 11.9 Å². The number of phosphoric ester groups is 1. The van der Waals surface area contributed by atoms with Crippen LogP contribution in [-0.2, 0) is 36.4 Å². The molecule has 1 fully saturated rings. The van der Waals surface area contributed by atoms with Crippen LogP contribution < -0.4 is 35.4 Å². The molecule has 0 radical (unpaired) electrons. The molecule has 5 atom stereocenters. The first kappa shape index (κ1) is 62.6. The number of nitrogens with zero attached hydrogens (tertiary/aromatic N) is 7. The highest BCUT2D eigenvalue weighted by atomic mass is 31.3. The second-order valence-corrected chi connectivity index (χ2v) is 27.0. The lowest BCUT2D eigenvalue weighted by Gasteiger charge is -2.43. The van der Waals surface area contributed by atoms with Crippen LogP contribution in [0.2, 0.25) is 0 Å². The van der Waals surface area contributed by atoms with Gasteiger partial charge in [0, 0.05) is 105 Å². The Morgan fingerprint density at radius 2 is 1.57 bits per heavy atom. The van der Waals surface area contributed by atoms with Gasteiger partial charge < -0.3 is 54.6 Å². The average Bonchev–Trinajstić information content (AvgIpc) is 1.60. The third-order valence-electron chi connectivity index (χ3n) is 15.6. The number of ether oxygens (including phenoxy) is 2. The molecule has 1 saturated heterocycles. The molecule has 2 amide bonds. The van der Waals surface area contributed by atoms with E-state index < -0.39 is 48.5 Å². The molecule has 7 N–H and O–H groups in total. The smallest absolute Gasteiger partial charge is 0.456 e. The number of amides is 2. The van der Waals surface area contributed by atoms with Gasteiger partial charge in [0.25, 0.3) is 5.91 Å². The first-order valence-electron chi connectivity index (χ1n) is 28.1. The number of rotatable bonds is 24. The molecular formula is C57H75N9O15P3+. The summed E-state index contributed by atoms with van der Waals surface area (Å²) in [5.74, 6) is 1.71. The maximum Gasteiger partial charge on any atom is 0.490 e. The number of allylic oxidation sites excluding steroid dienone is 2. The van der Waals surface area contributed by atoms with Gasteiger partial charge in [0.1, 0.15) is 36.7 Å². The molecule has 4 aliphatic heterocycles. The zero-order valence-corrected chi connectivity index (χ0v) is 51.3. The summed E-state index contributed by atoms with van der Waals surface area (Å²) in [7, 11) is -14.9. The van der Waals surface area contributed by atoms with Gasteiger partial charge in [-0.1, -0.05) is 37.1 Å². The Kier molecular flexibility index (Phi) is 18.5. The van der Waals surface area contributed by atoms with Gasteiger partial charge in [-0.25, -0.2) is 33.2 Å². The number of hydrogen-bond acceptors (Lipinski definition) is 16. The molecule has 0 spiro atoms. The average molecular weight is 1220 g/mol. The third-order valence-corrected chi connectivity index (χ3v) is 19.4. The summed E-state index contributed by atoms with van der Waals surface area (Å²) in [6, 6.07) is 16.6. The van der Waals surface area contributed by atoms with Crippen LogP contribution in [0.5, 0.6) is 11.5 Å². The number of phosphoric acid groups is 3. The van der Waals surface area contributed by atoms with E-state index in [4.69, 9.17) is 19.3 Å². The Hall–Kier alpha value is -5.97. The maximum absolute atomic E-state index is 14.7. The normalized spacial score (nSPS) is 20.1. The lowest BCUT2D eigenvalue weighted by atomic mass is 9.83. The Bertz CT molecular complexity index is 3730. The van der Waals surface area contributed by atoms with E-state index in [1.807, 2.05) is 24.3 Å². The molecule has 2 unspecified atom stereocenters. The van der Waals surface area contributed by atoms with Crippen LogP contribution in [0, 0.1) is 0 Å². The van der Waals surface area contributed by atoms with Gasteiger partial charge in [0.05, 0.1) is 30.6 Å². The van der Waals surface area contributed by atoms with Gasteiger partial charge >= 0.3 is 23.5 Å². The van der Waals surface area contributed by atoms with Crippen molar-refractivity contribution in [1.29, 1.82) is 0 Å². The standard InChI is InChI=1S/C57H74N9O15P3/c1-10-65-43-27-46-41(25-39(43)35(3)30-56(65,5)6)51(42-26-40-36(4)31-57(7,8)66(11-2)44(40)28-47(42)78-46)37-19-14-15-20-38(37)55(69)63(9)24-18-21-49(68)58-22-16-12-13-17-23-59-53-52-54(61-33-60-53)64(34-62-52)50-29-45(67)48(79-50)32-77-83(73,74)81-84(75,76)80-82(70,71)72/h14-15,19-20,25-28,30-31,33-34,45,48,50,67H,10-13,16-18,21-24,29,32H2,1-9H3,(H5-,58,59,60,61,68,70,71,72,73,74,75,76)/p+1/t45-,48+,50+/m0/s1. The van der Waals surface area contributed by atoms with Crippen molar-refractivity contribution < 1.29 is 70.6 Å². The van der Waals surface area contributed by atoms with E-state index in [0.717, 1.165) is 94.4 Å². The number of unbranched alkanes of at least 4 members (excludes halogenated alkanes) is 3. The van der Waals surface area contributed by atoms with Crippen LogP contribution in [-0.4, -0.2) is 131 Å². The van der Waals surface area contributed by atoms with Crippen LogP contribution in [0.1, 0.15) is 139 Å². The predicted molar refractivity (Wildman–Crippen MR) is 316 cm³/mol. The number of anilines is 2. The van der Waals surface area contributed by atoms with Gasteiger partial charge in [-0.15, -0.1) is 0 Å². The van der Waals surface area contributed by atoms with Crippen LogP contribution in [0.3, 0.4) is 0 Å². The fourth-order valence-electron chi connectivity index (χ4n) is 12.0. The van der Waals surface area contributed by atoms with Crippen molar-refractivity contribution in [2.75, 3.05) is 56.6 Å². The maximum atomic E-state index is 14.7. The fraction of sp³-hybridized carbons (Fsp3) is 0.474. The van der Waals surface area contributed by atoms with Gasteiger partial charge in [0.15, 0.2) is 22.5 Å². The van der Waals surface area contributed by atoms with E-state index in [9.17, 15) is 38.2 Å². The molecular weight excluding hydrogens is 1140 g/mol. The van der Waals surface area contributed by atoms with Crippen LogP contribution in [0.4, 0.5) is 11.5 Å². The van der Waals surface area contributed by atoms with Crippen LogP contribution >= 0.6 is 23.5 Å². The number of aliphatic hydroxyl groups excluding tert-OH is 1. The first-order valence-corrected chi connectivity index (χ1v) is 32.6. The second-order valence-electron chi connectivity index (χ2n) is 22.6. The Morgan fingerprint density at radius 1 is 0.845 bits per heavy atom. The number of fused-ring (bicyclic) bond motifs is 5. The van der Waals surface area contributed by atoms with E-state index >= 15 is 0 Å². The number of likely N-dealkylation sites (N-methyl/N-ethyl adjacent to an activating group) is 2. The number of benzene rings is 3. The molecule has 0 bridgehead atoms. The Morgan fingerprint density at radius 3 is 2.30 bits per heavy atom. The molecule has 6 heterocycles. The monoisotopic (exact) mass is 1220 g/mol. The lowest BCUT2D eigenvalue weighted by Crippen LogP contribution is -2.49. The number of carbonyl (C=O) groups excluding carboxylic acids is 2. The predicted octanol–water partition coefficient (Wildman–Crippen LogP) is 7.54. The van der Waals surface area contributed by atoms with Crippen molar-refractivity contribution in [3.05, 3.63) is 112 Å². The summed E-state index contributed by atoms with van der Waals surface area (Å²) >= 11 is 0. The number of imidazole rings is 1. The van der Waals surface area contributed by atoms with Gasteiger partial charge in [-0.3, -0.25) is 18.7 Å². The molecule has 452 valence electrons. The van der Waals surface area contributed by atoms with Crippen molar-refractivity contribution in [2.24, 2.45) is 0 Å². The van der Waals surface area contributed by atoms with Gasteiger partial charge in [0.2, 0.25) is 11.3 Å². The topological polar surface area (TPSA) is 310 Å². The SMILES string of the molecule is CCN1c2cc3c(cc2C(C)=CC1(C)C)C(c1ccccc1C(=O)N(C)CCCC(=O)NCCCCCCNc1ncnc2c1ncn2[C@H]1C[C@H](O)[C@@H](COP(=O)(O)OP(=O)(O)OP(=O)(O)O)O1)=c1cc2c(cc1O3)=[N+](CC)C(C)(C)C=C2C. The first-order chi connectivity index (χ1) is 39.6. The highest BCUT2D eigenvalue weighted by Crippen LogP contribution is 2.66. The van der Waals surface area contributed by atoms with E-state index in [-0.39, 0.29) is 35.7 Å². The number of carbonyl (C=O) groups is 2. The largest absolute Gasteiger partial charge is 0.490 e. The van der Waals surface area contributed by atoms with Gasteiger partial charge in [-0.2, -0.15) is 8.62 Å². The quantitative estimate of drug-likeness (QED) is 0.0175. The van der Waals surface area contributed by atoms with E-state index in [1.165, 1.54) is 28.4 Å². The minimum Gasteiger partial charge on any atom is -0.456 e.